The van der Waals surface area contributed by atoms with E-state index in [1.807, 2.05) is 6.92 Å². The van der Waals surface area contributed by atoms with E-state index in [1.165, 1.54) is 22.3 Å². The van der Waals surface area contributed by atoms with Crippen molar-refractivity contribution in [2.45, 2.75) is 25.3 Å². The van der Waals surface area contributed by atoms with Gasteiger partial charge in [-0.3, -0.25) is 0 Å². The van der Waals surface area contributed by atoms with Gasteiger partial charge in [-0.25, -0.2) is 13.4 Å². The molecule has 1 aromatic rings. The Morgan fingerprint density at radius 1 is 1.27 bits per heavy atom. The summed E-state index contributed by atoms with van der Waals surface area (Å²) >= 11 is 1.72. The first-order chi connectivity index (χ1) is 11.9. The quantitative estimate of drug-likeness (QED) is 0.164. The van der Waals surface area contributed by atoms with Crippen LogP contribution in [-0.4, -0.2) is 58.9 Å². The molecule has 1 aromatic carbocycles. The van der Waals surface area contributed by atoms with Crippen molar-refractivity contribution >= 4 is 51.5 Å². The summed E-state index contributed by atoms with van der Waals surface area (Å²) in [5.41, 5.74) is 2.44. The van der Waals surface area contributed by atoms with E-state index >= 15 is 0 Å². The van der Waals surface area contributed by atoms with Crippen LogP contribution in [0.4, 0.5) is 0 Å². The van der Waals surface area contributed by atoms with E-state index in [9.17, 15) is 8.42 Å². The number of nitrogens with zero attached hydrogens (tertiary/aromatic N) is 1. The van der Waals surface area contributed by atoms with Gasteiger partial charge in [-0.1, -0.05) is 12.1 Å². The Labute approximate surface area is 178 Å². The molecule has 0 fully saturated rings. The average Bonchev–Trinajstić information content (AvgIpc) is 2.55. The first-order valence-electron chi connectivity index (χ1n) is 8.27. The lowest BCUT2D eigenvalue weighted by Crippen LogP contribution is -2.39. The second-order valence-corrected chi connectivity index (χ2v) is 8.79. The van der Waals surface area contributed by atoms with Crippen LogP contribution in [0.3, 0.4) is 0 Å². The van der Waals surface area contributed by atoms with E-state index < -0.39 is 9.84 Å². The fourth-order valence-corrected chi connectivity index (χ4v) is 3.16. The van der Waals surface area contributed by atoms with E-state index in [0.717, 1.165) is 12.5 Å². The molecule has 2 N–H and O–H groups in total. The van der Waals surface area contributed by atoms with Gasteiger partial charge in [0.05, 0.1) is 25.5 Å². The zero-order valence-corrected chi connectivity index (χ0v) is 19.8. The molecule has 0 saturated heterocycles. The average molecular weight is 515 g/mol. The molecule has 0 amide bonds. The summed E-state index contributed by atoms with van der Waals surface area (Å²) in [7, 11) is -2.97. The van der Waals surface area contributed by atoms with Crippen molar-refractivity contribution in [1.29, 1.82) is 0 Å². The molecule has 0 radical (unpaired) electrons. The summed E-state index contributed by atoms with van der Waals surface area (Å²) in [6, 6.07) is 6.38. The molecule has 150 valence electrons. The number of halogens is 1. The largest absolute Gasteiger partial charge is 0.379 e. The first kappa shape index (κ1) is 25.5. The lowest BCUT2D eigenvalue weighted by atomic mass is 10.1. The molecule has 0 heterocycles. The summed E-state index contributed by atoms with van der Waals surface area (Å²) in [6.45, 7) is 6.68. The third-order valence-electron chi connectivity index (χ3n) is 3.33. The van der Waals surface area contributed by atoms with Crippen LogP contribution in [0.15, 0.2) is 28.1 Å². The van der Waals surface area contributed by atoms with E-state index in [1.54, 1.807) is 11.8 Å². The minimum atomic E-state index is -2.97. The van der Waals surface area contributed by atoms with Gasteiger partial charge in [0.25, 0.3) is 0 Å². The monoisotopic (exact) mass is 515 g/mol. The molecule has 0 bridgehead atoms. The molecule has 0 aliphatic rings. The molecule has 0 unspecified atom stereocenters. The van der Waals surface area contributed by atoms with Crippen molar-refractivity contribution in [3.63, 3.8) is 0 Å². The summed E-state index contributed by atoms with van der Waals surface area (Å²) < 4.78 is 27.4. The van der Waals surface area contributed by atoms with Crippen molar-refractivity contribution in [3.8, 4) is 0 Å². The number of ether oxygens (including phenoxy) is 1. The first-order valence-corrected chi connectivity index (χ1v) is 11.6. The minimum absolute atomic E-state index is 0. The van der Waals surface area contributed by atoms with E-state index in [0.29, 0.717) is 19.7 Å². The molecule has 6 nitrogen and oxygen atoms in total. The lowest BCUT2D eigenvalue weighted by molar-refractivity contribution is 0.154. The SMILES string of the molecule is CCNC(=NCc1ccc(C)cc1SC)NCCOCCS(C)(=O)=O.I. The third kappa shape index (κ3) is 11.2. The predicted octanol–water partition coefficient (Wildman–Crippen LogP) is 2.45. The number of benzene rings is 1. The summed E-state index contributed by atoms with van der Waals surface area (Å²) in [6.07, 6.45) is 3.28. The van der Waals surface area contributed by atoms with Gasteiger partial charge < -0.3 is 15.4 Å². The van der Waals surface area contributed by atoms with Gasteiger partial charge in [-0.15, -0.1) is 35.7 Å². The maximum Gasteiger partial charge on any atom is 0.191 e. The Morgan fingerprint density at radius 3 is 2.62 bits per heavy atom. The lowest BCUT2D eigenvalue weighted by Gasteiger charge is -2.12. The van der Waals surface area contributed by atoms with Crippen LogP contribution in [0.1, 0.15) is 18.1 Å². The number of hydrogen-bond donors (Lipinski definition) is 2. The zero-order chi connectivity index (χ0) is 18.7. The highest BCUT2D eigenvalue weighted by Crippen LogP contribution is 2.22. The fraction of sp³-hybridized carbons (Fsp3) is 0.588. The molecule has 1 rings (SSSR count). The van der Waals surface area contributed by atoms with Crippen LogP contribution in [0.5, 0.6) is 0 Å². The van der Waals surface area contributed by atoms with Gasteiger partial charge in [0, 0.05) is 24.2 Å². The van der Waals surface area contributed by atoms with Crippen LogP contribution in [0.25, 0.3) is 0 Å². The van der Waals surface area contributed by atoms with Crippen LogP contribution < -0.4 is 10.6 Å². The molecule has 26 heavy (non-hydrogen) atoms. The van der Waals surface area contributed by atoms with Gasteiger partial charge >= 0.3 is 0 Å². The van der Waals surface area contributed by atoms with Crippen molar-refractivity contribution < 1.29 is 13.2 Å². The Kier molecular flexibility index (Phi) is 13.3. The standard InChI is InChI=1S/C17H29N3O3S2.HI/c1-5-18-17(19-8-9-23-10-11-25(4,21)22)20-13-15-7-6-14(2)12-16(15)24-3;/h6-7,12H,5,8-11,13H2,1-4H3,(H2,18,19,20);1H. The molecule has 0 aromatic heterocycles. The van der Waals surface area contributed by atoms with Crippen molar-refractivity contribution in [3.05, 3.63) is 29.3 Å². The van der Waals surface area contributed by atoms with Crippen molar-refractivity contribution in [2.24, 2.45) is 4.99 Å². The maximum atomic E-state index is 11.0. The molecule has 0 saturated carbocycles. The minimum Gasteiger partial charge on any atom is -0.379 e. The summed E-state index contributed by atoms with van der Waals surface area (Å²) in [4.78, 5) is 5.85. The summed E-state index contributed by atoms with van der Waals surface area (Å²) in [5.74, 6) is 0.772. The van der Waals surface area contributed by atoms with Crippen LogP contribution in [0.2, 0.25) is 0 Å². The predicted molar refractivity (Wildman–Crippen MR) is 122 cm³/mol. The Bertz CT molecular complexity index is 667. The zero-order valence-electron chi connectivity index (χ0n) is 15.9. The summed E-state index contributed by atoms with van der Waals surface area (Å²) in [5, 5.41) is 6.39. The Balaban J connectivity index is 0.00000625. The molecule has 0 spiro atoms. The van der Waals surface area contributed by atoms with Crippen molar-refractivity contribution in [1.82, 2.24) is 10.6 Å². The molecule has 9 heteroatoms. The van der Waals surface area contributed by atoms with Gasteiger partial charge in [0.1, 0.15) is 9.84 Å². The highest BCUT2D eigenvalue weighted by Gasteiger charge is 2.04. The maximum absolute atomic E-state index is 11.0. The smallest absolute Gasteiger partial charge is 0.191 e. The van der Waals surface area contributed by atoms with E-state index in [2.05, 4.69) is 47.0 Å². The molecular weight excluding hydrogens is 485 g/mol. The number of nitrogens with one attached hydrogen (secondary N) is 2. The van der Waals surface area contributed by atoms with Crippen molar-refractivity contribution in [2.75, 3.05) is 44.6 Å². The van der Waals surface area contributed by atoms with Crippen LogP contribution >= 0.6 is 35.7 Å². The van der Waals surface area contributed by atoms with E-state index in [4.69, 9.17) is 4.74 Å². The van der Waals surface area contributed by atoms with Crippen LogP contribution in [-0.2, 0) is 21.1 Å². The number of aryl methyl sites for hydroxylation is 1. The molecule has 0 atom stereocenters. The van der Waals surface area contributed by atoms with Gasteiger partial charge in [0.15, 0.2) is 5.96 Å². The van der Waals surface area contributed by atoms with Crippen LogP contribution in [0, 0.1) is 6.92 Å². The molecule has 0 aliphatic heterocycles. The topological polar surface area (TPSA) is 79.8 Å². The normalized spacial score (nSPS) is 11.8. The van der Waals surface area contributed by atoms with Gasteiger partial charge in [-0.2, -0.15) is 0 Å². The van der Waals surface area contributed by atoms with Gasteiger partial charge in [0.2, 0.25) is 0 Å². The number of guanidine groups is 1. The Morgan fingerprint density at radius 2 is 2.00 bits per heavy atom. The number of hydrogen-bond acceptors (Lipinski definition) is 5. The number of thioether (sulfide) groups is 1. The molecular formula is C17H30IN3O3S2. The third-order valence-corrected chi connectivity index (χ3v) is 5.06. The second kappa shape index (κ2) is 13.6. The number of sulfone groups is 1. The van der Waals surface area contributed by atoms with Gasteiger partial charge in [-0.05, 0) is 37.3 Å². The Hall–Kier alpha value is -0.520. The highest BCUT2D eigenvalue weighted by molar-refractivity contribution is 14.0. The second-order valence-electron chi connectivity index (χ2n) is 5.68. The van der Waals surface area contributed by atoms with E-state index in [-0.39, 0.29) is 36.3 Å². The highest BCUT2D eigenvalue weighted by atomic mass is 127. The fourth-order valence-electron chi connectivity index (χ4n) is 2.04. The number of rotatable bonds is 10. The number of aliphatic imine (C=N–C) groups is 1. The molecule has 0 aliphatic carbocycles.